The van der Waals surface area contributed by atoms with Gasteiger partial charge in [-0.2, -0.15) is 0 Å². The number of aldehydes is 1. The zero-order valence-corrected chi connectivity index (χ0v) is 8.53. The van der Waals surface area contributed by atoms with Crippen LogP contribution in [0.4, 0.5) is 0 Å². The summed E-state index contributed by atoms with van der Waals surface area (Å²) in [6.45, 7) is 3.79. The molecule has 0 bridgehead atoms. The van der Waals surface area contributed by atoms with Gasteiger partial charge in [0, 0.05) is 0 Å². The van der Waals surface area contributed by atoms with Gasteiger partial charge in [0.05, 0.1) is 0 Å². The van der Waals surface area contributed by atoms with E-state index in [1.165, 1.54) is 0 Å². The standard InChI is InChI=1S/C13H14O/c1-11(8-12(2)10-14)9-13-6-4-3-5-7-13/h3-10H,1-2H3. The molecule has 0 saturated heterocycles. The third kappa shape index (κ3) is 3.40. The molecular formula is C13H14O. The number of carbonyl (C=O) groups excluding carboxylic acids is 1. The summed E-state index contributed by atoms with van der Waals surface area (Å²) in [6, 6.07) is 10.0. The van der Waals surface area contributed by atoms with Crippen LogP contribution in [-0.2, 0) is 4.79 Å². The number of allylic oxidation sites excluding steroid dienone is 3. The third-order valence-corrected chi connectivity index (χ3v) is 1.84. The first-order valence-electron chi connectivity index (χ1n) is 4.59. The van der Waals surface area contributed by atoms with Gasteiger partial charge in [0.2, 0.25) is 0 Å². The van der Waals surface area contributed by atoms with Gasteiger partial charge in [-0.15, -0.1) is 0 Å². The predicted molar refractivity (Wildman–Crippen MR) is 59.9 cm³/mol. The first-order valence-corrected chi connectivity index (χ1v) is 4.59. The zero-order valence-electron chi connectivity index (χ0n) is 8.53. The fourth-order valence-corrected chi connectivity index (χ4v) is 1.25. The SMILES string of the molecule is CC(C=O)=CC(C)=Cc1ccccc1. The van der Waals surface area contributed by atoms with E-state index in [2.05, 4.69) is 0 Å². The minimum Gasteiger partial charge on any atom is -0.298 e. The minimum absolute atomic E-state index is 0.745. The van der Waals surface area contributed by atoms with Crippen molar-refractivity contribution in [3.05, 3.63) is 53.1 Å². The van der Waals surface area contributed by atoms with Crippen molar-refractivity contribution in [2.75, 3.05) is 0 Å². The van der Waals surface area contributed by atoms with Gasteiger partial charge in [-0.3, -0.25) is 4.79 Å². The normalized spacial score (nSPS) is 12.7. The average molecular weight is 186 g/mol. The summed E-state index contributed by atoms with van der Waals surface area (Å²) in [7, 11) is 0. The number of rotatable bonds is 3. The molecule has 1 aromatic carbocycles. The lowest BCUT2D eigenvalue weighted by atomic mass is 10.1. The van der Waals surface area contributed by atoms with Crippen LogP contribution in [-0.4, -0.2) is 6.29 Å². The van der Waals surface area contributed by atoms with E-state index in [0.717, 1.165) is 23.0 Å². The molecule has 0 atom stereocenters. The van der Waals surface area contributed by atoms with Gasteiger partial charge < -0.3 is 0 Å². The Morgan fingerprint density at radius 1 is 1.07 bits per heavy atom. The van der Waals surface area contributed by atoms with Crippen LogP contribution in [0, 0.1) is 0 Å². The molecule has 1 heteroatoms. The van der Waals surface area contributed by atoms with Gasteiger partial charge >= 0.3 is 0 Å². The lowest BCUT2D eigenvalue weighted by Crippen LogP contribution is -1.78. The van der Waals surface area contributed by atoms with Gasteiger partial charge in [-0.1, -0.05) is 48.1 Å². The molecule has 1 nitrogen and oxygen atoms in total. The molecule has 0 amide bonds. The molecule has 0 aliphatic carbocycles. The number of carbonyl (C=O) groups is 1. The largest absolute Gasteiger partial charge is 0.298 e. The van der Waals surface area contributed by atoms with Gasteiger partial charge in [0.1, 0.15) is 6.29 Å². The summed E-state index contributed by atoms with van der Waals surface area (Å²) >= 11 is 0. The van der Waals surface area contributed by atoms with Crippen LogP contribution in [0.15, 0.2) is 47.6 Å². The van der Waals surface area contributed by atoms with Crippen LogP contribution in [0.2, 0.25) is 0 Å². The summed E-state index contributed by atoms with van der Waals surface area (Å²) in [4.78, 5) is 10.4. The van der Waals surface area contributed by atoms with Crippen molar-refractivity contribution in [2.24, 2.45) is 0 Å². The first-order chi connectivity index (χ1) is 6.72. The zero-order chi connectivity index (χ0) is 10.4. The van der Waals surface area contributed by atoms with Crippen LogP contribution < -0.4 is 0 Å². The molecule has 0 unspecified atom stereocenters. The Bertz CT molecular complexity index is 358. The van der Waals surface area contributed by atoms with Crippen molar-refractivity contribution < 1.29 is 4.79 Å². The maximum absolute atomic E-state index is 10.4. The highest BCUT2D eigenvalue weighted by molar-refractivity contribution is 5.74. The number of hydrogen-bond donors (Lipinski definition) is 0. The smallest absolute Gasteiger partial charge is 0.145 e. The van der Waals surface area contributed by atoms with Gasteiger partial charge in [-0.05, 0) is 25.0 Å². The second kappa shape index (κ2) is 5.18. The molecule has 0 aromatic heterocycles. The average Bonchev–Trinajstić information content (AvgIpc) is 2.19. The molecule has 0 aliphatic rings. The van der Waals surface area contributed by atoms with Crippen LogP contribution >= 0.6 is 0 Å². The van der Waals surface area contributed by atoms with E-state index >= 15 is 0 Å². The maximum atomic E-state index is 10.4. The van der Waals surface area contributed by atoms with E-state index in [0.29, 0.717) is 0 Å². The van der Waals surface area contributed by atoms with Crippen LogP contribution in [0.25, 0.3) is 6.08 Å². The fourth-order valence-electron chi connectivity index (χ4n) is 1.25. The van der Waals surface area contributed by atoms with Crippen molar-refractivity contribution in [1.29, 1.82) is 0 Å². The summed E-state index contributed by atoms with van der Waals surface area (Å²) in [5.41, 5.74) is 2.98. The molecular weight excluding hydrogens is 172 g/mol. The van der Waals surface area contributed by atoms with E-state index in [1.807, 2.05) is 49.4 Å². The van der Waals surface area contributed by atoms with Crippen molar-refractivity contribution in [1.82, 2.24) is 0 Å². The van der Waals surface area contributed by atoms with E-state index in [9.17, 15) is 4.79 Å². The Morgan fingerprint density at radius 3 is 2.29 bits per heavy atom. The Morgan fingerprint density at radius 2 is 1.71 bits per heavy atom. The van der Waals surface area contributed by atoms with Crippen LogP contribution in [0.1, 0.15) is 19.4 Å². The lowest BCUT2D eigenvalue weighted by molar-refractivity contribution is -0.104. The molecule has 0 spiro atoms. The summed E-state index contributed by atoms with van der Waals surface area (Å²) in [5.74, 6) is 0. The van der Waals surface area contributed by atoms with Crippen molar-refractivity contribution in [3.8, 4) is 0 Å². The molecule has 0 fully saturated rings. The monoisotopic (exact) mass is 186 g/mol. The Kier molecular flexibility index (Phi) is 3.86. The van der Waals surface area contributed by atoms with E-state index in [4.69, 9.17) is 0 Å². The molecule has 0 heterocycles. The molecule has 0 aliphatic heterocycles. The predicted octanol–water partition coefficient (Wildman–Crippen LogP) is 3.24. The van der Waals surface area contributed by atoms with Gasteiger partial charge in [0.15, 0.2) is 0 Å². The maximum Gasteiger partial charge on any atom is 0.145 e. The highest BCUT2D eigenvalue weighted by Gasteiger charge is 1.88. The molecule has 0 saturated carbocycles. The topological polar surface area (TPSA) is 17.1 Å². The highest BCUT2D eigenvalue weighted by Crippen LogP contribution is 2.08. The lowest BCUT2D eigenvalue weighted by Gasteiger charge is -1.95. The molecule has 14 heavy (non-hydrogen) atoms. The molecule has 72 valence electrons. The summed E-state index contributed by atoms with van der Waals surface area (Å²) in [6.07, 6.45) is 4.79. The van der Waals surface area contributed by atoms with Gasteiger partial charge in [-0.25, -0.2) is 0 Å². The highest BCUT2D eigenvalue weighted by atomic mass is 16.1. The Labute approximate surface area is 84.8 Å². The van der Waals surface area contributed by atoms with Crippen LogP contribution in [0.5, 0.6) is 0 Å². The molecule has 1 aromatic rings. The second-order valence-electron chi connectivity index (χ2n) is 3.31. The molecule has 0 N–H and O–H groups in total. The minimum atomic E-state index is 0.745. The van der Waals surface area contributed by atoms with E-state index in [1.54, 1.807) is 6.92 Å². The summed E-state index contributed by atoms with van der Waals surface area (Å²) < 4.78 is 0. The first kappa shape index (κ1) is 10.5. The number of hydrogen-bond acceptors (Lipinski definition) is 1. The number of benzene rings is 1. The van der Waals surface area contributed by atoms with Crippen molar-refractivity contribution in [3.63, 3.8) is 0 Å². The second-order valence-corrected chi connectivity index (χ2v) is 3.31. The van der Waals surface area contributed by atoms with Crippen molar-refractivity contribution in [2.45, 2.75) is 13.8 Å². The van der Waals surface area contributed by atoms with Crippen LogP contribution in [0.3, 0.4) is 0 Å². The Hall–Kier alpha value is -1.63. The third-order valence-electron chi connectivity index (χ3n) is 1.84. The van der Waals surface area contributed by atoms with E-state index in [-0.39, 0.29) is 0 Å². The molecule has 0 radical (unpaired) electrons. The van der Waals surface area contributed by atoms with Gasteiger partial charge in [0.25, 0.3) is 0 Å². The van der Waals surface area contributed by atoms with E-state index < -0.39 is 0 Å². The Balaban J connectivity index is 2.84. The van der Waals surface area contributed by atoms with Crippen molar-refractivity contribution >= 4 is 12.4 Å². The fraction of sp³-hybridized carbons (Fsp3) is 0.154. The summed E-state index contributed by atoms with van der Waals surface area (Å²) in [5, 5.41) is 0. The quantitative estimate of drug-likeness (QED) is 0.402. The molecule has 1 rings (SSSR count).